The highest BCUT2D eigenvalue weighted by molar-refractivity contribution is 5.93. The summed E-state index contributed by atoms with van der Waals surface area (Å²) in [5.74, 6) is 1.68. The number of rotatable bonds is 3. The second kappa shape index (κ2) is 6.92. The zero-order chi connectivity index (χ0) is 19.1. The van der Waals surface area contributed by atoms with Gasteiger partial charge in [0, 0.05) is 57.5 Å². The summed E-state index contributed by atoms with van der Waals surface area (Å²) in [6.45, 7) is 5.18. The highest BCUT2D eigenvalue weighted by Crippen LogP contribution is 2.46. The number of likely N-dealkylation sites (tertiary alicyclic amines) is 2. The van der Waals surface area contributed by atoms with Crippen LogP contribution in [-0.4, -0.2) is 68.1 Å². The molecule has 148 valence electrons. The molecule has 2 aliphatic heterocycles. The van der Waals surface area contributed by atoms with Gasteiger partial charge < -0.3 is 9.32 Å². The Labute approximate surface area is 164 Å². The molecule has 0 unspecified atom stereocenters. The fourth-order valence-corrected chi connectivity index (χ4v) is 5.39. The molecule has 4 heterocycles. The first-order valence-corrected chi connectivity index (χ1v) is 10.2. The van der Waals surface area contributed by atoms with Crippen molar-refractivity contribution < 1.29 is 9.21 Å². The van der Waals surface area contributed by atoms with Gasteiger partial charge in [-0.1, -0.05) is 12.8 Å². The van der Waals surface area contributed by atoms with Crippen molar-refractivity contribution in [3.8, 4) is 0 Å². The van der Waals surface area contributed by atoms with Gasteiger partial charge in [-0.3, -0.25) is 9.69 Å². The third-order valence-electron chi connectivity index (χ3n) is 6.88. The van der Waals surface area contributed by atoms with Crippen molar-refractivity contribution in [3.63, 3.8) is 0 Å². The molecule has 3 aliphatic rings. The molecule has 0 bridgehead atoms. The second-order valence-electron chi connectivity index (χ2n) is 8.48. The van der Waals surface area contributed by atoms with Crippen molar-refractivity contribution >= 4 is 5.91 Å². The maximum Gasteiger partial charge on any atom is 0.257 e. The van der Waals surface area contributed by atoms with Crippen LogP contribution in [0.4, 0.5) is 0 Å². The summed E-state index contributed by atoms with van der Waals surface area (Å²) in [7, 11) is 0. The first kappa shape index (κ1) is 17.7. The van der Waals surface area contributed by atoms with E-state index >= 15 is 0 Å². The smallest absolute Gasteiger partial charge is 0.257 e. The van der Waals surface area contributed by atoms with Crippen LogP contribution in [0.5, 0.6) is 0 Å². The number of carbonyl (C=O) groups excluding carboxylic acids is 1. The topological polar surface area (TPSA) is 88.2 Å². The van der Waals surface area contributed by atoms with Gasteiger partial charge >= 0.3 is 0 Å². The highest BCUT2D eigenvalue weighted by atomic mass is 16.4. The standard InChI is InChI=1S/C20H26N6O2/c1-14-23-24-19(28-14)20-6-7-25(18(27)15-8-21-13-22-9-15)10-16(20)11-26(12-20)17-4-2-3-5-17/h8-9,13,16-17H,2-7,10-12H2,1H3/t16-,20-/m0/s1. The van der Waals surface area contributed by atoms with Crippen LogP contribution < -0.4 is 0 Å². The van der Waals surface area contributed by atoms with Crippen molar-refractivity contribution in [2.75, 3.05) is 26.2 Å². The first-order valence-electron chi connectivity index (χ1n) is 10.2. The number of aromatic nitrogens is 4. The zero-order valence-corrected chi connectivity index (χ0v) is 16.3. The van der Waals surface area contributed by atoms with Crippen LogP contribution >= 0.6 is 0 Å². The van der Waals surface area contributed by atoms with E-state index in [1.165, 1.54) is 32.0 Å². The van der Waals surface area contributed by atoms with E-state index in [2.05, 4.69) is 25.1 Å². The van der Waals surface area contributed by atoms with Gasteiger partial charge in [0.25, 0.3) is 5.91 Å². The molecule has 28 heavy (non-hydrogen) atoms. The van der Waals surface area contributed by atoms with Crippen LogP contribution in [0.2, 0.25) is 0 Å². The largest absolute Gasteiger partial charge is 0.425 e. The lowest BCUT2D eigenvalue weighted by Crippen LogP contribution is -2.51. The van der Waals surface area contributed by atoms with E-state index in [9.17, 15) is 4.79 Å². The van der Waals surface area contributed by atoms with Crippen molar-refractivity contribution in [2.24, 2.45) is 5.92 Å². The fourth-order valence-electron chi connectivity index (χ4n) is 5.39. The molecule has 1 saturated carbocycles. The lowest BCUT2D eigenvalue weighted by atomic mass is 9.72. The van der Waals surface area contributed by atoms with Crippen LogP contribution in [0.3, 0.4) is 0 Å². The van der Waals surface area contributed by atoms with Crippen molar-refractivity contribution in [1.82, 2.24) is 30.0 Å². The predicted octanol–water partition coefficient (Wildman–Crippen LogP) is 1.83. The van der Waals surface area contributed by atoms with Gasteiger partial charge in [0.1, 0.15) is 6.33 Å². The Kier molecular flexibility index (Phi) is 4.38. The third-order valence-corrected chi connectivity index (χ3v) is 6.88. The monoisotopic (exact) mass is 382 g/mol. The van der Waals surface area contributed by atoms with Crippen LogP contribution in [0.15, 0.2) is 23.1 Å². The van der Waals surface area contributed by atoms with Crippen molar-refractivity contribution in [2.45, 2.75) is 50.5 Å². The molecule has 2 aromatic heterocycles. The van der Waals surface area contributed by atoms with Crippen molar-refractivity contribution in [3.05, 3.63) is 36.1 Å². The summed E-state index contributed by atoms with van der Waals surface area (Å²) in [4.78, 5) is 25.5. The molecule has 1 amide bonds. The quantitative estimate of drug-likeness (QED) is 0.800. The summed E-state index contributed by atoms with van der Waals surface area (Å²) >= 11 is 0. The molecule has 1 aliphatic carbocycles. The van der Waals surface area contributed by atoms with Crippen molar-refractivity contribution in [1.29, 1.82) is 0 Å². The summed E-state index contributed by atoms with van der Waals surface area (Å²) in [6.07, 6.45) is 10.7. The molecule has 2 atom stereocenters. The minimum atomic E-state index is -0.145. The minimum Gasteiger partial charge on any atom is -0.425 e. The molecular formula is C20H26N6O2. The summed E-state index contributed by atoms with van der Waals surface area (Å²) < 4.78 is 5.95. The lowest BCUT2D eigenvalue weighted by Gasteiger charge is -2.41. The molecule has 2 aromatic rings. The van der Waals surface area contributed by atoms with E-state index in [-0.39, 0.29) is 11.3 Å². The Balaban J connectivity index is 1.42. The Hall–Kier alpha value is -2.35. The van der Waals surface area contributed by atoms with E-state index < -0.39 is 0 Å². The summed E-state index contributed by atoms with van der Waals surface area (Å²) in [6, 6.07) is 0.651. The molecule has 8 nitrogen and oxygen atoms in total. The summed E-state index contributed by atoms with van der Waals surface area (Å²) in [5, 5.41) is 8.53. The molecule has 2 saturated heterocycles. The molecule has 5 rings (SSSR count). The van der Waals surface area contributed by atoms with Crippen LogP contribution in [0.25, 0.3) is 0 Å². The molecule has 0 aromatic carbocycles. The molecular weight excluding hydrogens is 356 g/mol. The minimum absolute atomic E-state index is 0.00947. The van der Waals surface area contributed by atoms with Gasteiger partial charge in [0.2, 0.25) is 11.8 Å². The van der Waals surface area contributed by atoms with Gasteiger partial charge in [-0.05, 0) is 19.3 Å². The van der Waals surface area contributed by atoms with Gasteiger partial charge in [-0.15, -0.1) is 10.2 Å². The number of fused-ring (bicyclic) bond motifs is 1. The number of hydrogen-bond donors (Lipinski definition) is 0. The second-order valence-corrected chi connectivity index (χ2v) is 8.48. The number of amides is 1. The number of aryl methyl sites for hydroxylation is 1. The highest BCUT2D eigenvalue weighted by Gasteiger charge is 2.55. The van der Waals surface area contributed by atoms with Crippen LogP contribution in [0, 0.1) is 12.8 Å². The molecule has 0 spiro atoms. The Morgan fingerprint density at radius 3 is 2.68 bits per heavy atom. The number of piperidine rings is 1. The van der Waals surface area contributed by atoms with E-state index in [4.69, 9.17) is 4.42 Å². The SMILES string of the molecule is Cc1nnc([C@]23CCN(C(=O)c4cncnc4)C[C@H]2CN(C2CCCC2)C3)o1. The maximum absolute atomic E-state index is 13.0. The van der Waals surface area contributed by atoms with E-state index in [1.807, 2.05) is 11.8 Å². The van der Waals surface area contributed by atoms with Gasteiger partial charge in [0.05, 0.1) is 11.0 Å². The van der Waals surface area contributed by atoms with E-state index in [0.29, 0.717) is 36.5 Å². The molecule has 0 radical (unpaired) electrons. The van der Waals surface area contributed by atoms with Gasteiger partial charge in [-0.2, -0.15) is 0 Å². The average molecular weight is 382 g/mol. The Morgan fingerprint density at radius 2 is 1.96 bits per heavy atom. The number of nitrogens with zero attached hydrogens (tertiary/aromatic N) is 6. The first-order chi connectivity index (χ1) is 13.7. The summed E-state index contributed by atoms with van der Waals surface area (Å²) in [5.41, 5.74) is 0.405. The van der Waals surface area contributed by atoms with Gasteiger partial charge in [0.15, 0.2) is 0 Å². The predicted molar refractivity (Wildman–Crippen MR) is 101 cm³/mol. The third kappa shape index (κ3) is 2.90. The van der Waals surface area contributed by atoms with Crippen LogP contribution in [0.1, 0.15) is 54.2 Å². The Bertz CT molecular complexity index is 849. The molecule has 3 fully saturated rings. The lowest BCUT2D eigenvalue weighted by molar-refractivity contribution is 0.0567. The van der Waals surface area contributed by atoms with E-state index in [1.54, 1.807) is 12.4 Å². The Morgan fingerprint density at radius 1 is 1.18 bits per heavy atom. The average Bonchev–Trinajstić information content (AvgIpc) is 3.46. The molecule has 8 heteroatoms. The normalized spacial score (nSPS) is 28.6. The van der Waals surface area contributed by atoms with E-state index in [0.717, 1.165) is 25.4 Å². The van der Waals surface area contributed by atoms with Gasteiger partial charge in [-0.25, -0.2) is 9.97 Å². The number of hydrogen-bond acceptors (Lipinski definition) is 7. The maximum atomic E-state index is 13.0. The fraction of sp³-hybridized carbons (Fsp3) is 0.650. The number of carbonyl (C=O) groups is 1. The zero-order valence-electron chi connectivity index (χ0n) is 16.3. The van der Waals surface area contributed by atoms with Crippen LogP contribution in [-0.2, 0) is 5.41 Å². The molecule has 0 N–H and O–H groups in total.